The number of methoxy groups -OCH3 is 2. The van der Waals surface area contributed by atoms with E-state index < -0.39 is 17.9 Å². The Morgan fingerprint density at radius 1 is 1.27 bits per heavy atom. The van der Waals surface area contributed by atoms with Crippen LogP contribution in [0.3, 0.4) is 0 Å². The van der Waals surface area contributed by atoms with Gasteiger partial charge in [0.15, 0.2) is 0 Å². The van der Waals surface area contributed by atoms with E-state index in [1.165, 1.54) is 18.2 Å². The minimum absolute atomic E-state index is 0.0351. The number of aromatic carboxylic acids is 1. The molecule has 0 aromatic heterocycles. The van der Waals surface area contributed by atoms with Gasteiger partial charge >= 0.3 is 17.9 Å². The van der Waals surface area contributed by atoms with Crippen LogP contribution in [0.25, 0.3) is 0 Å². The van der Waals surface area contributed by atoms with E-state index in [1.807, 2.05) is 6.07 Å². The monoisotopic (exact) mass is 304 g/mol. The highest BCUT2D eigenvalue weighted by molar-refractivity contribution is 6.01. The summed E-state index contributed by atoms with van der Waals surface area (Å²) in [5.74, 6) is -3.00. The summed E-state index contributed by atoms with van der Waals surface area (Å²) in [6.45, 7) is 0. The van der Waals surface area contributed by atoms with Crippen LogP contribution in [0.5, 0.6) is 0 Å². The number of carboxylic acid groups (broad SMARTS) is 1. The number of anilines is 1. The standard InChI is InChI=1S/C14H12N2O6/c1-21-12(17)6-11(14(20)22-2)16-10-5-8(7-15)3-4-9(10)13(18)19/h3-6,16H,1-2H3,(H,18,19)/b11-6+. The van der Waals surface area contributed by atoms with Crippen LogP contribution in [-0.4, -0.2) is 37.2 Å². The van der Waals surface area contributed by atoms with E-state index >= 15 is 0 Å². The van der Waals surface area contributed by atoms with E-state index in [2.05, 4.69) is 14.8 Å². The molecule has 1 aromatic rings. The van der Waals surface area contributed by atoms with Crippen LogP contribution >= 0.6 is 0 Å². The number of ether oxygens (including phenoxy) is 2. The van der Waals surface area contributed by atoms with Crippen molar-refractivity contribution in [3.05, 3.63) is 41.1 Å². The van der Waals surface area contributed by atoms with Crippen molar-refractivity contribution in [3.63, 3.8) is 0 Å². The van der Waals surface area contributed by atoms with Crippen LogP contribution in [0.1, 0.15) is 15.9 Å². The number of carboxylic acids is 1. The Morgan fingerprint density at radius 2 is 1.95 bits per heavy atom. The highest BCUT2D eigenvalue weighted by Crippen LogP contribution is 2.20. The molecule has 0 aliphatic carbocycles. The molecule has 2 N–H and O–H groups in total. The fourth-order valence-electron chi connectivity index (χ4n) is 1.48. The molecular weight excluding hydrogens is 292 g/mol. The maximum atomic E-state index is 11.6. The molecule has 0 radical (unpaired) electrons. The molecule has 0 aliphatic heterocycles. The van der Waals surface area contributed by atoms with Gasteiger partial charge in [-0.05, 0) is 18.2 Å². The van der Waals surface area contributed by atoms with E-state index in [4.69, 9.17) is 10.4 Å². The average Bonchev–Trinajstić information content (AvgIpc) is 2.52. The average molecular weight is 304 g/mol. The van der Waals surface area contributed by atoms with Gasteiger partial charge in [-0.25, -0.2) is 14.4 Å². The van der Waals surface area contributed by atoms with Gasteiger partial charge < -0.3 is 19.9 Å². The summed E-state index contributed by atoms with van der Waals surface area (Å²) < 4.78 is 8.90. The first-order chi connectivity index (χ1) is 10.4. The Kier molecular flexibility index (Phi) is 5.66. The normalized spacial score (nSPS) is 10.3. The Hall–Kier alpha value is -3.34. The summed E-state index contributed by atoms with van der Waals surface area (Å²) in [6, 6.07) is 5.60. The first-order valence-corrected chi connectivity index (χ1v) is 5.85. The maximum absolute atomic E-state index is 11.6. The van der Waals surface area contributed by atoms with E-state index in [0.29, 0.717) is 0 Å². The highest BCUT2D eigenvalue weighted by Gasteiger charge is 2.17. The minimum atomic E-state index is -1.27. The molecule has 1 rings (SSSR count). The van der Waals surface area contributed by atoms with Gasteiger partial charge in [0, 0.05) is 0 Å². The van der Waals surface area contributed by atoms with Crippen LogP contribution in [-0.2, 0) is 19.1 Å². The Bertz CT molecular complexity index is 687. The number of nitriles is 1. The third-order valence-electron chi connectivity index (χ3n) is 2.52. The molecule has 114 valence electrons. The lowest BCUT2D eigenvalue weighted by atomic mass is 10.1. The third-order valence-corrected chi connectivity index (χ3v) is 2.52. The number of carbonyl (C=O) groups excluding carboxylic acids is 2. The Morgan fingerprint density at radius 3 is 2.45 bits per heavy atom. The number of nitrogens with one attached hydrogen (secondary N) is 1. The SMILES string of the molecule is COC(=O)/C=C(/Nc1cc(C#N)ccc1C(=O)O)C(=O)OC. The topological polar surface area (TPSA) is 126 Å². The van der Waals surface area contributed by atoms with Crippen LogP contribution in [0.2, 0.25) is 0 Å². The minimum Gasteiger partial charge on any atom is -0.478 e. The molecule has 1 aromatic carbocycles. The zero-order valence-electron chi connectivity index (χ0n) is 11.7. The molecule has 0 bridgehead atoms. The zero-order valence-corrected chi connectivity index (χ0v) is 11.7. The van der Waals surface area contributed by atoms with E-state index in [9.17, 15) is 14.4 Å². The summed E-state index contributed by atoms with van der Waals surface area (Å²) in [4.78, 5) is 34.1. The second-order valence-corrected chi connectivity index (χ2v) is 3.88. The molecule has 0 unspecified atom stereocenters. The lowest BCUT2D eigenvalue weighted by molar-refractivity contribution is -0.138. The molecule has 0 heterocycles. The van der Waals surface area contributed by atoms with Crippen molar-refractivity contribution in [1.82, 2.24) is 0 Å². The molecule has 0 amide bonds. The van der Waals surface area contributed by atoms with Gasteiger partial charge in [0.2, 0.25) is 0 Å². The van der Waals surface area contributed by atoms with Crippen molar-refractivity contribution < 1.29 is 29.0 Å². The molecule has 0 spiro atoms. The lowest BCUT2D eigenvalue weighted by Gasteiger charge is -2.11. The van der Waals surface area contributed by atoms with Gasteiger partial charge in [-0.15, -0.1) is 0 Å². The quantitative estimate of drug-likeness (QED) is 0.607. The summed E-state index contributed by atoms with van der Waals surface area (Å²) in [5.41, 5.74) is -0.368. The van der Waals surface area contributed by atoms with Crippen LogP contribution in [0.15, 0.2) is 30.0 Å². The van der Waals surface area contributed by atoms with Crippen molar-refractivity contribution in [2.24, 2.45) is 0 Å². The molecule has 22 heavy (non-hydrogen) atoms. The van der Waals surface area contributed by atoms with Crippen molar-refractivity contribution in [2.75, 3.05) is 19.5 Å². The zero-order chi connectivity index (χ0) is 16.7. The van der Waals surface area contributed by atoms with Crippen LogP contribution in [0, 0.1) is 11.3 Å². The summed E-state index contributed by atoms with van der Waals surface area (Å²) in [5, 5.41) is 20.4. The number of esters is 2. The second kappa shape index (κ2) is 7.44. The summed E-state index contributed by atoms with van der Waals surface area (Å²) in [6.07, 6.45) is 0.816. The fraction of sp³-hybridized carbons (Fsp3) is 0.143. The number of nitrogens with zero attached hydrogens (tertiary/aromatic N) is 1. The molecular formula is C14H12N2O6. The van der Waals surface area contributed by atoms with Crippen molar-refractivity contribution in [3.8, 4) is 6.07 Å². The Balaban J connectivity index is 3.31. The van der Waals surface area contributed by atoms with Gasteiger partial charge in [0.1, 0.15) is 5.70 Å². The van der Waals surface area contributed by atoms with Crippen LogP contribution in [0.4, 0.5) is 5.69 Å². The third kappa shape index (κ3) is 4.08. The second-order valence-electron chi connectivity index (χ2n) is 3.88. The van der Waals surface area contributed by atoms with Gasteiger partial charge in [0.05, 0.1) is 43.2 Å². The van der Waals surface area contributed by atoms with Gasteiger partial charge in [-0.3, -0.25) is 0 Å². The molecule has 0 aliphatic rings. The predicted molar refractivity (Wildman–Crippen MR) is 73.9 cm³/mol. The van der Waals surface area contributed by atoms with Gasteiger partial charge in [0.25, 0.3) is 0 Å². The molecule has 0 saturated carbocycles. The maximum Gasteiger partial charge on any atom is 0.354 e. The van der Waals surface area contributed by atoms with Gasteiger partial charge in [-0.1, -0.05) is 0 Å². The number of hydrogen-bond acceptors (Lipinski definition) is 7. The first-order valence-electron chi connectivity index (χ1n) is 5.85. The van der Waals surface area contributed by atoms with Crippen molar-refractivity contribution >= 4 is 23.6 Å². The van der Waals surface area contributed by atoms with Crippen LogP contribution < -0.4 is 5.32 Å². The number of carbonyl (C=O) groups is 3. The first kappa shape index (κ1) is 16.7. The molecule has 8 nitrogen and oxygen atoms in total. The van der Waals surface area contributed by atoms with Crippen molar-refractivity contribution in [2.45, 2.75) is 0 Å². The largest absolute Gasteiger partial charge is 0.478 e. The predicted octanol–water partition coefficient (Wildman–Crippen LogP) is 0.898. The smallest absolute Gasteiger partial charge is 0.354 e. The highest BCUT2D eigenvalue weighted by atomic mass is 16.5. The van der Waals surface area contributed by atoms with Crippen molar-refractivity contribution in [1.29, 1.82) is 5.26 Å². The van der Waals surface area contributed by atoms with Gasteiger partial charge in [-0.2, -0.15) is 5.26 Å². The molecule has 0 fully saturated rings. The Labute approximate surface area is 125 Å². The van der Waals surface area contributed by atoms with E-state index in [1.54, 1.807) is 0 Å². The molecule has 8 heteroatoms. The number of benzene rings is 1. The lowest BCUT2D eigenvalue weighted by Crippen LogP contribution is -2.17. The van der Waals surface area contributed by atoms with E-state index in [0.717, 1.165) is 20.3 Å². The number of hydrogen-bond donors (Lipinski definition) is 2. The van der Waals surface area contributed by atoms with E-state index in [-0.39, 0.29) is 22.5 Å². The number of rotatable bonds is 5. The molecule has 0 saturated heterocycles. The summed E-state index contributed by atoms with van der Waals surface area (Å²) in [7, 11) is 2.21. The fourth-order valence-corrected chi connectivity index (χ4v) is 1.48. The molecule has 0 atom stereocenters. The summed E-state index contributed by atoms with van der Waals surface area (Å²) >= 11 is 0.